The zero-order valence-corrected chi connectivity index (χ0v) is 11.2. The summed E-state index contributed by atoms with van der Waals surface area (Å²) >= 11 is 1.53. The van der Waals surface area contributed by atoms with E-state index in [4.69, 9.17) is 4.42 Å². The average molecular weight is 277 g/mol. The van der Waals surface area contributed by atoms with Gasteiger partial charge < -0.3 is 15.1 Å². The fraction of sp³-hybridized carbons (Fsp3) is 0.385. The van der Waals surface area contributed by atoms with Crippen molar-refractivity contribution in [2.75, 3.05) is 19.6 Å². The molecule has 1 fully saturated rings. The standard InChI is InChI=1S/C13H15N3O2S/c17-12(15-6-9-4-14-5-9)3-11-8-19-13(16-11)10-1-2-18-7-10/h1-2,7-9,14H,3-6H2,(H,15,17). The van der Waals surface area contributed by atoms with Crippen LogP contribution in [-0.2, 0) is 11.2 Å². The molecule has 0 atom stereocenters. The second-order valence-corrected chi connectivity index (χ2v) is 5.52. The number of thiazole rings is 1. The molecule has 2 aromatic rings. The number of rotatable bonds is 5. The summed E-state index contributed by atoms with van der Waals surface area (Å²) in [5.74, 6) is 0.622. The largest absolute Gasteiger partial charge is 0.472 e. The summed E-state index contributed by atoms with van der Waals surface area (Å²) < 4.78 is 5.02. The highest BCUT2D eigenvalue weighted by atomic mass is 32.1. The summed E-state index contributed by atoms with van der Waals surface area (Å²) in [6, 6.07) is 1.87. The number of carbonyl (C=O) groups excluding carboxylic acids is 1. The van der Waals surface area contributed by atoms with Crippen LogP contribution in [0.3, 0.4) is 0 Å². The molecule has 1 aliphatic heterocycles. The van der Waals surface area contributed by atoms with Crippen LogP contribution < -0.4 is 10.6 Å². The number of aromatic nitrogens is 1. The molecule has 3 rings (SSSR count). The average Bonchev–Trinajstić information content (AvgIpc) is 2.96. The number of nitrogens with one attached hydrogen (secondary N) is 2. The number of nitrogens with zero attached hydrogens (tertiary/aromatic N) is 1. The Morgan fingerprint density at radius 1 is 1.58 bits per heavy atom. The third-order valence-corrected chi connectivity index (χ3v) is 4.06. The normalized spacial score (nSPS) is 15.2. The monoisotopic (exact) mass is 277 g/mol. The van der Waals surface area contributed by atoms with Gasteiger partial charge in [-0.25, -0.2) is 4.98 Å². The summed E-state index contributed by atoms with van der Waals surface area (Å²) in [5.41, 5.74) is 1.77. The van der Waals surface area contributed by atoms with Gasteiger partial charge in [0.2, 0.25) is 5.91 Å². The van der Waals surface area contributed by atoms with E-state index in [0.29, 0.717) is 12.3 Å². The van der Waals surface area contributed by atoms with Crippen LogP contribution in [0.1, 0.15) is 5.69 Å². The van der Waals surface area contributed by atoms with E-state index >= 15 is 0 Å². The first-order chi connectivity index (χ1) is 9.31. The molecule has 0 saturated carbocycles. The Morgan fingerprint density at radius 3 is 3.16 bits per heavy atom. The zero-order valence-electron chi connectivity index (χ0n) is 10.4. The van der Waals surface area contributed by atoms with E-state index in [1.165, 1.54) is 11.3 Å². The summed E-state index contributed by atoms with van der Waals surface area (Å²) in [6.45, 7) is 2.76. The predicted octanol–water partition coefficient (Wildman–Crippen LogP) is 1.28. The van der Waals surface area contributed by atoms with Gasteiger partial charge >= 0.3 is 0 Å². The highest BCUT2D eigenvalue weighted by Gasteiger charge is 2.17. The van der Waals surface area contributed by atoms with Crippen LogP contribution in [0.25, 0.3) is 10.6 Å². The predicted molar refractivity (Wildman–Crippen MR) is 72.9 cm³/mol. The molecule has 1 saturated heterocycles. The van der Waals surface area contributed by atoms with Gasteiger partial charge in [0.05, 0.1) is 18.4 Å². The second kappa shape index (κ2) is 5.54. The second-order valence-electron chi connectivity index (χ2n) is 4.66. The van der Waals surface area contributed by atoms with Crippen molar-refractivity contribution in [1.29, 1.82) is 0 Å². The minimum absolute atomic E-state index is 0.0379. The van der Waals surface area contributed by atoms with E-state index < -0.39 is 0 Å². The smallest absolute Gasteiger partial charge is 0.226 e. The lowest BCUT2D eigenvalue weighted by molar-refractivity contribution is -0.120. The molecule has 5 nitrogen and oxygen atoms in total. The van der Waals surface area contributed by atoms with Crippen LogP contribution in [0.4, 0.5) is 0 Å². The quantitative estimate of drug-likeness (QED) is 0.864. The maximum Gasteiger partial charge on any atom is 0.226 e. The third kappa shape index (κ3) is 3.02. The van der Waals surface area contributed by atoms with Crippen LogP contribution in [0.15, 0.2) is 28.4 Å². The lowest BCUT2D eigenvalue weighted by atomic mass is 10.0. The molecule has 2 aromatic heterocycles. The third-order valence-electron chi connectivity index (χ3n) is 3.12. The number of hydrogen-bond acceptors (Lipinski definition) is 5. The van der Waals surface area contributed by atoms with Gasteiger partial charge in [-0.2, -0.15) is 0 Å². The van der Waals surface area contributed by atoms with Gasteiger partial charge in [-0.1, -0.05) is 0 Å². The maximum absolute atomic E-state index is 11.8. The van der Waals surface area contributed by atoms with Crippen molar-refractivity contribution in [1.82, 2.24) is 15.6 Å². The van der Waals surface area contributed by atoms with Crippen molar-refractivity contribution in [3.05, 3.63) is 29.7 Å². The Morgan fingerprint density at radius 2 is 2.47 bits per heavy atom. The van der Waals surface area contributed by atoms with Crippen LogP contribution >= 0.6 is 11.3 Å². The molecule has 1 aliphatic rings. The molecule has 3 heterocycles. The van der Waals surface area contributed by atoms with Gasteiger partial charge in [0, 0.05) is 36.5 Å². The summed E-state index contributed by atoms with van der Waals surface area (Å²) in [5, 5.41) is 8.94. The lowest BCUT2D eigenvalue weighted by Gasteiger charge is -2.26. The van der Waals surface area contributed by atoms with Crippen LogP contribution in [-0.4, -0.2) is 30.5 Å². The van der Waals surface area contributed by atoms with Crippen molar-refractivity contribution in [2.24, 2.45) is 5.92 Å². The fourth-order valence-electron chi connectivity index (χ4n) is 1.88. The SMILES string of the molecule is O=C(Cc1csc(-c2ccoc2)n1)NCC1CNC1. The van der Waals surface area contributed by atoms with Crippen LogP contribution in [0.5, 0.6) is 0 Å². The molecule has 1 amide bonds. The van der Waals surface area contributed by atoms with Crippen molar-refractivity contribution in [3.8, 4) is 10.6 Å². The molecule has 19 heavy (non-hydrogen) atoms. The van der Waals surface area contributed by atoms with Gasteiger partial charge in [0.25, 0.3) is 0 Å². The Kier molecular flexibility index (Phi) is 3.61. The van der Waals surface area contributed by atoms with E-state index in [9.17, 15) is 4.79 Å². The van der Waals surface area contributed by atoms with E-state index in [2.05, 4.69) is 15.6 Å². The summed E-state index contributed by atoms with van der Waals surface area (Å²) in [6.07, 6.45) is 3.62. The van der Waals surface area contributed by atoms with E-state index in [0.717, 1.165) is 35.9 Å². The molecule has 0 radical (unpaired) electrons. The topological polar surface area (TPSA) is 67.2 Å². The highest BCUT2D eigenvalue weighted by Crippen LogP contribution is 2.23. The minimum atomic E-state index is 0.0379. The first-order valence-electron chi connectivity index (χ1n) is 6.25. The first-order valence-corrected chi connectivity index (χ1v) is 7.13. The van der Waals surface area contributed by atoms with Crippen LogP contribution in [0, 0.1) is 5.92 Å². The van der Waals surface area contributed by atoms with Crippen molar-refractivity contribution in [2.45, 2.75) is 6.42 Å². The lowest BCUT2D eigenvalue weighted by Crippen LogP contribution is -2.48. The first kappa shape index (κ1) is 12.4. The van der Waals surface area contributed by atoms with Gasteiger partial charge in [-0.3, -0.25) is 4.79 Å². The number of carbonyl (C=O) groups is 1. The molecular formula is C13H15N3O2S. The molecule has 2 N–H and O–H groups in total. The minimum Gasteiger partial charge on any atom is -0.472 e. The molecule has 0 spiro atoms. The maximum atomic E-state index is 11.8. The Bertz CT molecular complexity index is 546. The zero-order chi connectivity index (χ0) is 13.1. The van der Waals surface area contributed by atoms with Crippen molar-refractivity contribution >= 4 is 17.2 Å². The van der Waals surface area contributed by atoms with E-state index in [-0.39, 0.29) is 5.91 Å². The Labute approximate surface area is 115 Å². The van der Waals surface area contributed by atoms with Crippen LogP contribution in [0.2, 0.25) is 0 Å². The number of hydrogen-bond donors (Lipinski definition) is 2. The molecular weight excluding hydrogens is 262 g/mol. The van der Waals surface area contributed by atoms with E-state index in [1.54, 1.807) is 12.5 Å². The Hall–Kier alpha value is -1.66. The van der Waals surface area contributed by atoms with Crippen molar-refractivity contribution in [3.63, 3.8) is 0 Å². The van der Waals surface area contributed by atoms with E-state index in [1.807, 2.05) is 11.4 Å². The highest BCUT2D eigenvalue weighted by molar-refractivity contribution is 7.13. The molecule has 0 aromatic carbocycles. The number of amides is 1. The molecule has 0 bridgehead atoms. The molecule has 100 valence electrons. The number of furan rings is 1. The molecule has 0 unspecified atom stereocenters. The summed E-state index contributed by atoms with van der Waals surface area (Å²) in [4.78, 5) is 16.2. The van der Waals surface area contributed by atoms with Crippen molar-refractivity contribution < 1.29 is 9.21 Å². The fourth-order valence-corrected chi connectivity index (χ4v) is 2.69. The van der Waals surface area contributed by atoms with Gasteiger partial charge in [0.15, 0.2) is 0 Å². The molecule has 0 aliphatic carbocycles. The summed E-state index contributed by atoms with van der Waals surface area (Å²) in [7, 11) is 0. The molecule has 6 heteroatoms. The van der Waals surface area contributed by atoms with Gasteiger partial charge in [-0.15, -0.1) is 11.3 Å². The van der Waals surface area contributed by atoms with Gasteiger partial charge in [0.1, 0.15) is 11.3 Å². The van der Waals surface area contributed by atoms with Gasteiger partial charge in [-0.05, 0) is 6.07 Å². The Balaban J connectivity index is 1.53.